The van der Waals surface area contributed by atoms with Crippen LogP contribution in [-0.4, -0.2) is 35.6 Å². The van der Waals surface area contributed by atoms with Crippen LogP contribution in [0.5, 0.6) is 0 Å². The third-order valence-corrected chi connectivity index (χ3v) is 2.92. The van der Waals surface area contributed by atoms with Crippen molar-refractivity contribution in [1.82, 2.24) is 5.01 Å². The van der Waals surface area contributed by atoms with Gasteiger partial charge in [-0.15, -0.1) is 0 Å². The summed E-state index contributed by atoms with van der Waals surface area (Å²) in [4.78, 5) is 15.6. The van der Waals surface area contributed by atoms with Crippen molar-refractivity contribution in [3.05, 3.63) is 11.3 Å². The first-order valence-corrected chi connectivity index (χ1v) is 5.44. The first-order chi connectivity index (χ1) is 7.65. The molecular weight excluding hydrogens is 230 g/mol. The highest BCUT2D eigenvalue weighted by molar-refractivity contribution is 6.70. The molecule has 0 bridgehead atoms. The number of hydrazone groups is 1. The Balaban J connectivity index is 2.26. The van der Waals surface area contributed by atoms with Gasteiger partial charge in [0.1, 0.15) is 6.34 Å². The maximum atomic E-state index is 11.7. The molecule has 2 heterocycles. The highest BCUT2D eigenvalue weighted by Gasteiger charge is 2.37. The Hall–Kier alpha value is -1.36. The number of hydrogen-bond acceptors (Lipinski definition) is 5. The Morgan fingerprint density at radius 3 is 3.12 bits per heavy atom. The number of halogens is 1. The van der Waals surface area contributed by atoms with E-state index in [1.165, 1.54) is 6.34 Å². The molecule has 0 aromatic carbocycles. The Morgan fingerprint density at radius 1 is 1.75 bits per heavy atom. The van der Waals surface area contributed by atoms with E-state index in [9.17, 15) is 4.79 Å². The molecule has 2 rings (SSSR count). The molecule has 1 unspecified atom stereocenters. The summed E-state index contributed by atoms with van der Waals surface area (Å²) in [5.41, 5.74) is 1.59. The van der Waals surface area contributed by atoms with E-state index in [-0.39, 0.29) is 11.9 Å². The number of hydrogen-bond donors (Lipinski definition) is 0. The number of nitrogens with zero attached hydrogens (tertiary/aromatic N) is 3. The molecule has 0 fully saturated rings. The van der Waals surface area contributed by atoms with Gasteiger partial charge in [-0.25, -0.2) is 4.99 Å². The molecule has 0 spiro atoms. The topological polar surface area (TPSA) is 54.3 Å². The molecule has 16 heavy (non-hydrogen) atoms. The normalized spacial score (nSPS) is 23.3. The largest absolute Gasteiger partial charge is 0.465 e. The quantitative estimate of drug-likeness (QED) is 0.686. The lowest BCUT2D eigenvalue weighted by Gasteiger charge is -2.17. The molecule has 2 aliphatic rings. The van der Waals surface area contributed by atoms with E-state index < -0.39 is 0 Å². The fraction of sp³-hybridized carbons (Fsp3) is 0.500. The Bertz CT molecular complexity index is 414. The standard InChI is InChI=1S/C10H12ClN3O2/c1-3-16-10(15)7-4-14-8(6(7)2)9(11)12-5-13-14/h5,7H,3-4H2,1-2H3. The molecule has 0 saturated heterocycles. The lowest BCUT2D eigenvalue weighted by atomic mass is 10.0. The van der Waals surface area contributed by atoms with Crippen molar-refractivity contribution in [2.75, 3.05) is 13.2 Å². The predicted octanol–water partition coefficient (Wildman–Crippen LogP) is 1.35. The van der Waals surface area contributed by atoms with E-state index in [2.05, 4.69) is 10.1 Å². The van der Waals surface area contributed by atoms with E-state index >= 15 is 0 Å². The summed E-state index contributed by atoms with van der Waals surface area (Å²) in [5.74, 6) is -0.532. The number of fused-ring (bicyclic) bond motifs is 1. The van der Waals surface area contributed by atoms with Gasteiger partial charge in [0.15, 0.2) is 5.17 Å². The minimum absolute atomic E-state index is 0.235. The van der Waals surface area contributed by atoms with E-state index in [0.29, 0.717) is 18.3 Å². The van der Waals surface area contributed by atoms with Gasteiger partial charge in [-0.2, -0.15) is 5.10 Å². The number of rotatable bonds is 2. The van der Waals surface area contributed by atoms with Crippen molar-refractivity contribution in [2.45, 2.75) is 13.8 Å². The van der Waals surface area contributed by atoms with Crippen LogP contribution in [0.1, 0.15) is 13.8 Å². The molecule has 0 amide bonds. The Kier molecular flexibility index (Phi) is 2.96. The molecule has 1 atom stereocenters. The maximum absolute atomic E-state index is 11.7. The Morgan fingerprint density at radius 2 is 2.50 bits per heavy atom. The van der Waals surface area contributed by atoms with Gasteiger partial charge in [-0.3, -0.25) is 9.80 Å². The van der Waals surface area contributed by atoms with E-state index in [1.807, 2.05) is 6.92 Å². The molecule has 0 saturated carbocycles. The zero-order valence-corrected chi connectivity index (χ0v) is 9.86. The van der Waals surface area contributed by atoms with Crippen LogP contribution in [0.4, 0.5) is 0 Å². The minimum atomic E-state index is -0.297. The molecule has 2 aliphatic heterocycles. The van der Waals surface area contributed by atoms with Crippen molar-refractivity contribution in [3.63, 3.8) is 0 Å². The van der Waals surface area contributed by atoms with Crippen LogP contribution in [0, 0.1) is 5.92 Å². The summed E-state index contributed by atoms with van der Waals surface area (Å²) >= 11 is 5.97. The molecule has 0 aliphatic carbocycles. The second-order valence-corrected chi connectivity index (χ2v) is 3.93. The number of carbonyl (C=O) groups is 1. The monoisotopic (exact) mass is 241 g/mol. The van der Waals surface area contributed by atoms with Crippen LogP contribution >= 0.6 is 11.6 Å². The first-order valence-electron chi connectivity index (χ1n) is 5.06. The maximum Gasteiger partial charge on any atom is 0.315 e. The van der Waals surface area contributed by atoms with Crippen LogP contribution < -0.4 is 0 Å². The van der Waals surface area contributed by atoms with Gasteiger partial charge >= 0.3 is 5.97 Å². The summed E-state index contributed by atoms with van der Waals surface area (Å²) in [7, 11) is 0. The first kappa shape index (κ1) is 11.1. The van der Waals surface area contributed by atoms with Crippen LogP contribution in [0.3, 0.4) is 0 Å². The van der Waals surface area contributed by atoms with Gasteiger partial charge in [-0.1, -0.05) is 11.6 Å². The molecular formula is C10H12ClN3O2. The molecule has 6 heteroatoms. The average Bonchev–Trinajstić information content (AvgIpc) is 2.58. The van der Waals surface area contributed by atoms with Crippen LogP contribution in [0.15, 0.2) is 21.4 Å². The smallest absolute Gasteiger partial charge is 0.315 e. The van der Waals surface area contributed by atoms with Crippen molar-refractivity contribution >= 4 is 29.1 Å². The lowest BCUT2D eigenvalue weighted by molar-refractivity contribution is -0.146. The van der Waals surface area contributed by atoms with E-state index in [4.69, 9.17) is 16.3 Å². The van der Waals surface area contributed by atoms with Crippen molar-refractivity contribution in [2.24, 2.45) is 16.0 Å². The summed E-state index contributed by atoms with van der Waals surface area (Å²) in [6, 6.07) is 0. The number of esters is 1. The molecule has 0 N–H and O–H groups in total. The number of ether oxygens (including phenoxy) is 1. The second kappa shape index (κ2) is 4.25. The molecule has 0 aromatic heterocycles. The molecule has 86 valence electrons. The predicted molar refractivity (Wildman–Crippen MR) is 61.3 cm³/mol. The van der Waals surface area contributed by atoms with Gasteiger partial charge in [0.2, 0.25) is 0 Å². The Labute approximate surface area is 98.4 Å². The van der Waals surface area contributed by atoms with Crippen molar-refractivity contribution in [1.29, 1.82) is 0 Å². The number of allylic oxidation sites excluding steroid dienone is 1. The lowest BCUT2D eigenvalue weighted by Crippen LogP contribution is -2.25. The summed E-state index contributed by atoms with van der Waals surface area (Å²) < 4.78 is 5.00. The van der Waals surface area contributed by atoms with E-state index in [0.717, 1.165) is 11.3 Å². The average molecular weight is 242 g/mol. The van der Waals surface area contributed by atoms with Crippen molar-refractivity contribution in [3.8, 4) is 0 Å². The van der Waals surface area contributed by atoms with Gasteiger partial charge in [0.25, 0.3) is 0 Å². The molecule has 5 nitrogen and oxygen atoms in total. The second-order valence-electron chi connectivity index (χ2n) is 3.57. The SMILES string of the molecule is CCOC(=O)C1CN2N=CN=C(Cl)C2=C1C. The van der Waals surface area contributed by atoms with Crippen LogP contribution in [0.2, 0.25) is 0 Å². The fourth-order valence-electron chi connectivity index (χ4n) is 1.84. The highest BCUT2D eigenvalue weighted by Crippen LogP contribution is 2.32. The molecule has 0 aromatic rings. The zero-order valence-electron chi connectivity index (χ0n) is 9.11. The summed E-state index contributed by atoms with van der Waals surface area (Å²) in [6.45, 7) is 4.50. The van der Waals surface area contributed by atoms with Crippen LogP contribution in [-0.2, 0) is 9.53 Å². The van der Waals surface area contributed by atoms with Gasteiger partial charge in [-0.05, 0) is 19.4 Å². The minimum Gasteiger partial charge on any atom is -0.465 e. The van der Waals surface area contributed by atoms with Gasteiger partial charge in [0, 0.05) is 0 Å². The van der Waals surface area contributed by atoms with Gasteiger partial charge < -0.3 is 4.74 Å². The third-order valence-electron chi connectivity index (χ3n) is 2.64. The number of carbonyl (C=O) groups excluding carboxylic acids is 1. The van der Waals surface area contributed by atoms with E-state index in [1.54, 1.807) is 11.9 Å². The molecule has 0 radical (unpaired) electrons. The van der Waals surface area contributed by atoms with Gasteiger partial charge in [0.05, 0.1) is 24.8 Å². The zero-order chi connectivity index (χ0) is 11.7. The summed E-state index contributed by atoms with van der Waals surface area (Å²) in [5, 5.41) is 6.12. The third kappa shape index (κ3) is 1.71. The fourth-order valence-corrected chi connectivity index (χ4v) is 2.13. The van der Waals surface area contributed by atoms with Crippen LogP contribution in [0.25, 0.3) is 0 Å². The highest BCUT2D eigenvalue weighted by atomic mass is 35.5. The number of aliphatic imine (C=N–C) groups is 1. The van der Waals surface area contributed by atoms with Crippen molar-refractivity contribution < 1.29 is 9.53 Å². The summed E-state index contributed by atoms with van der Waals surface area (Å²) in [6.07, 6.45) is 1.38.